The van der Waals surface area contributed by atoms with E-state index in [0.29, 0.717) is 6.61 Å². The molecule has 0 aromatic heterocycles. The predicted octanol–water partition coefficient (Wildman–Crippen LogP) is 3.05. The quantitative estimate of drug-likeness (QED) is 0.911. The van der Waals surface area contributed by atoms with Crippen LogP contribution in [0.3, 0.4) is 0 Å². The lowest BCUT2D eigenvalue weighted by Gasteiger charge is -2.34. The Kier molecular flexibility index (Phi) is 4.20. The molecule has 0 radical (unpaired) electrons. The summed E-state index contributed by atoms with van der Waals surface area (Å²) in [6, 6.07) is 13.2. The number of hydrogen-bond donors (Lipinski definition) is 2. The molecule has 0 aliphatic carbocycles. The molecular weight excluding hydrogens is 278 g/mol. The highest BCUT2D eigenvalue weighted by Crippen LogP contribution is 2.39. The molecule has 0 bridgehead atoms. The summed E-state index contributed by atoms with van der Waals surface area (Å²) in [6.45, 7) is 3.38. The summed E-state index contributed by atoms with van der Waals surface area (Å²) < 4.78 is 12.1. The SMILES string of the molecule is CNC[C@H]1COc2ccccc2[C@H]1Oc1ccc(O)cc1C. The van der Waals surface area contributed by atoms with Crippen LogP contribution in [0.4, 0.5) is 0 Å². The van der Waals surface area contributed by atoms with E-state index in [0.717, 1.165) is 29.2 Å². The van der Waals surface area contributed by atoms with Gasteiger partial charge in [0.1, 0.15) is 23.4 Å². The first kappa shape index (κ1) is 14.7. The summed E-state index contributed by atoms with van der Waals surface area (Å²) in [6.07, 6.45) is -0.0688. The van der Waals surface area contributed by atoms with Gasteiger partial charge in [-0.2, -0.15) is 0 Å². The fraction of sp³-hybridized carbons (Fsp3) is 0.333. The maximum Gasteiger partial charge on any atom is 0.135 e. The topological polar surface area (TPSA) is 50.7 Å². The molecule has 4 nitrogen and oxygen atoms in total. The van der Waals surface area contributed by atoms with Crippen LogP contribution in [0.1, 0.15) is 17.2 Å². The van der Waals surface area contributed by atoms with Gasteiger partial charge in [-0.3, -0.25) is 0 Å². The van der Waals surface area contributed by atoms with Gasteiger partial charge in [0.15, 0.2) is 0 Å². The minimum absolute atomic E-state index is 0.0688. The number of fused-ring (bicyclic) bond motifs is 1. The number of ether oxygens (including phenoxy) is 2. The van der Waals surface area contributed by atoms with Crippen molar-refractivity contribution in [1.29, 1.82) is 0 Å². The van der Waals surface area contributed by atoms with E-state index in [4.69, 9.17) is 9.47 Å². The van der Waals surface area contributed by atoms with Crippen molar-refractivity contribution in [1.82, 2.24) is 5.32 Å². The van der Waals surface area contributed by atoms with Crippen molar-refractivity contribution < 1.29 is 14.6 Å². The zero-order valence-electron chi connectivity index (χ0n) is 12.9. The van der Waals surface area contributed by atoms with Gasteiger partial charge in [0, 0.05) is 18.0 Å². The van der Waals surface area contributed by atoms with Gasteiger partial charge in [-0.1, -0.05) is 18.2 Å². The first-order chi connectivity index (χ1) is 10.7. The fourth-order valence-electron chi connectivity index (χ4n) is 2.88. The largest absolute Gasteiger partial charge is 0.508 e. The van der Waals surface area contributed by atoms with Gasteiger partial charge in [0.05, 0.1) is 6.61 Å². The van der Waals surface area contributed by atoms with Crippen molar-refractivity contribution >= 4 is 0 Å². The number of hydrogen-bond acceptors (Lipinski definition) is 4. The Morgan fingerprint density at radius 2 is 2.09 bits per heavy atom. The third kappa shape index (κ3) is 2.88. The number of rotatable bonds is 4. The lowest BCUT2D eigenvalue weighted by molar-refractivity contribution is 0.0698. The molecule has 1 heterocycles. The number of para-hydroxylation sites is 1. The molecular formula is C18H21NO3. The van der Waals surface area contributed by atoms with Crippen molar-refractivity contribution in [3.05, 3.63) is 53.6 Å². The van der Waals surface area contributed by atoms with Crippen LogP contribution in [-0.4, -0.2) is 25.3 Å². The Labute approximate surface area is 130 Å². The number of nitrogens with one attached hydrogen (secondary N) is 1. The molecule has 2 N–H and O–H groups in total. The molecule has 2 atom stereocenters. The maximum atomic E-state index is 9.55. The molecule has 0 amide bonds. The second kappa shape index (κ2) is 6.28. The second-order valence-electron chi connectivity index (χ2n) is 5.65. The molecule has 3 rings (SSSR count). The van der Waals surface area contributed by atoms with Gasteiger partial charge < -0.3 is 19.9 Å². The van der Waals surface area contributed by atoms with E-state index in [1.807, 2.05) is 38.2 Å². The zero-order valence-corrected chi connectivity index (χ0v) is 12.9. The minimum atomic E-state index is -0.0688. The van der Waals surface area contributed by atoms with Crippen LogP contribution in [0.15, 0.2) is 42.5 Å². The van der Waals surface area contributed by atoms with Crippen molar-refractivity contribution in [3.8, 4) is 17.2 Å². The van der Waals surface area contributed by atoms with E-state index in [1.54, 1.807) is 12.1 Å². The van der Waals surface area contributed by atoms with Crippen molar-refractivity contribution in [2.75, 3.05) is 20.2 Å². The fourth-order valence-corrected chi connectivity index (χ4v) is 2.88. The van der Waals surface area contributed by atoms with Crippen molar-refractivity contribution in [2.24, 2.45) is 5.92 Å². The van der Waals surface area contributed by atoms with Gasteiger partial charge >= 0.3 is 0 Å². The van der Waals surface area contributed by atoms with Crippen LogP contribution in [0.5, 0.6) is 17.2 Å². The van der Waals surface area contributed by atoms with E-state index in [1.165, 1.54) is 0 Å². The standard InChI is InChI=1S/C18H21NO3/c1-12-9-14(20)7-8-16(12)22-18-13(10-19-2)11-21-17-6-4-3-5-15(17)18/h3-9,13,18-20H,10-11H2,1-2H3/t13-,18-/m0/s1. The zero-order chi connectivity index (χ0) is 15.5. The van der Waals surface area contributed by atoms with E-state index >= 15 is 0 Å². The molecule has 1 aliphatic heterocycles. The number of phenols is 1. The van der Waals surface area contributed by atoms with Gasteiger partial charge in [0.25, 0.3) is 0 Å². The Morgan fingerprint density at radius 1 is 1.27 bits per heavy atom. The maximum absolute atomic E-state index is 9.55. The monoisotopic (exact) mass is 299 g/mol. The molecule has 0 saturated heterocycles. The van der Waals surface area contributed by atoms with Crippen molar-refractivity contribution in [3.63, 3.8) is 0 Å². The van der Waals surface area contributed by atoms with Gasteiger partial charge in [-0.25, -0.2) is 0 Å². The molecule has 116 valence electrons. The van der Waals surface area contributed by atoms with Crippen LogP contribution in [0.25, 0.3) is 0 Å². The number of aryl methyl sites for hydroxylation is 1. The molecule has 0 saturated carbocycles. The summed E-state index contributed by atoms with van der Waals surface area (Å²) in [5, 5.41) is 12.8. The van der Waals surface area contributed by atoms with E-state index in [-0.39, 0.29) is 17.8 Å². The normalized spacial score (nSPS) is 20.1. The van der Waals surface area contributed by atoms with E-state index in [9.17, 15) is 5.11 Å². The van der Waals surface area contributed by atoms with Crippen LogP contribution in [-0.2, 0) is 0 Å². The number of benzene rings is 2. The molecule has 4 heteroatoms. The summed E-state index contributed by atoms with van der Waals surface area (Å²) >= 11 is 0. The molecule has 22 heavy (non-hydrogen) atoms. The third-order valence-electron chi connectivity index (χ3n) is 3.99. The number of aromatic hydroxyl groups is 1. The summed E-state index contributed by atoms with van der Waals surface area (Å²) in [4.78, 5) is 0. The molecule has 0 spiro atoms. The van der Waals surface area contributed by atoms with E-state index in [2.05, 4.69) is 11.4 Å². The van der Waals surface area contributed by atoms with Gasteiger partial charge in [0.2, 0.25) is 0 Å². The lowest BCUT2D eigenvalue weighted by Crippen LogP contribution is -2.36. The molecule has 2 aromatic carbocycles. The minimum Gasteiger partial charge on any atom is -0.508 e. The first-order valence-electron chi connectivity index (χ1n) is 7.51. The summed E-state index contributed by atoms with van der Waals surface area (Å²) in [5.41, 5.74) is 1.99. The predicted molar refractivity (Wildman–Crippen MR) is 85.6 cm³/mol. The number of phenolic OH excluding ortho intramolecular Hbond substituents is 1. The average molecular weight is 299 g/mol. The second-order valence-corrected chi connectivity index (χ2v) is 5.65. The highest BCUT2D eigenvalue weighted by atomic mass is 16.5. The first-order valence-corrected chi connectivity index (χ1v) is 7.51. The third-order valence-corrected chi connectivity index (χ3v) is 3.99. The summed E-state index contributed by atoms with van der Waals surface area (Å²) in [7, 11) is 1.93. The smallest absolute Gasteiger partial charge is 0.135 e. The van der Waals surface area contributed by atoms with Gasteiger partial charge in [-0.05, 0) is 43.8 Å². The Bertz CT molecular complexity index is 657. The van der Waals surface area contributed by atoms with Gasteiger partial charge in [-0.15, -0.1) is 0 Å². The Hall–Kier alpha value is -2.20. The Morgan fingerprint density at radius 3 is 2.86 bits per heavy atom. The van der Waals surface area contributed by atoms with Crippen LogP contribution in [0, 0.1) is 12.8 Å². The molecule has 1 aliphatic rings. The van der Waals surface area contributed by atoms with Crippen LogP contribution in [0.2, 0.25) is 0 Å². The van der Waals surface area contributed by atoms with Crippen molar-refractivity contribution in [2.45, 2.75) is 13.0 Å². The highest BCUT2D eigenvalue weighted by molar-refractivity contribution is 5.41. The molecule has 0 fully saturated rings. The Balaban J connectivity index is 1.93. The average Bonchev–Trinajstić information content (AvgIpc) is 2.52. The van der Waals surface area contributed by atoms with Crippen LogP contribution < -0.4 is 14.8 Å². The van der Waals surface area contributed by atoms with E-state index < -0.39 is 0 Å². The lowest BCUT2D eigenvalue weighted by atomic mass is 9.93. The molecule has 0 unspecified atom stereocenters. The summed E-state index contributed by atoms with van der Waals surface area (Å²) in [5.74, 6) is 2.16. The highest BCUT2D eigenvalue weighted by Gasteiger charge is 2.32. The van der Waals surface area contributed by atoms with Crippen LogP contribution >= 0.6 is 0 Å². The molecule has 2 aromatic rings.